The molecule has 3 aromatic rings. The Labute approximate surface area is 131 Å². The smallest absolute Gasteiger partial charge is 0.236 e. The van der Waals surface area contributed by atoms with Gasteiger partial charge < -0.3 is 4.42 Å². The minimum absolute atomic E-state index is 0.755. The summed E-state index contributed by atoms with van der Waals surface area (Å²) in [5.74, 6) is 1.69. The van der Waals surface area contributed by atoms with Gasteiger partial charge in [0.25, 0.3) is 0 Å². The summed E-state index contributed by atoms with van der Waals surface area (Å²) in [7, 11) is 0. The fraction of sp³-hybridized carbons (Fsp3) is 0.312. The number of aromatic nitrogens is 1. The minimum Gasteiger partial charge on any atom is -0.440 e. The Kier molecular flexibility index (Phi) is 3.41. The van der Waals surface area contributed by atoms with Gasteiger partial charge in [0.15, 0.2) is 0 Å². The van der Waals surface area contributed by atoms with E-state index in [0.29, 0.717) is 0 Å². The highest BCUT2D eigenvalue weighted by atomic mass is 32.1. The number of aryl methyl sites for hydroxylation is 1. The Morgan fingerprint density at radius 3 is 3.10 bits per heavy atom. The van der Waals surface area contributed by atoms with Crippen molar-refractivity contribution in [1.29, 1.82) is 0 Å². The third kappa shape index (κ3) is 2.57. The molecule has 0 bridgehead atoms. The summed E-state index contributed by atoms with van der Waals surface area (Å²) in [5, 5.41) is 4.25. The molecule has 1 aliphatic heterocycles. The van der Waals surface area contributed by atoms with Gasteiger partial charge in [0.2, 0.25) is 5.89 Å². The van der Waals surface area contributed by atoms with Crippen molar-refractivity contribution in [3.8, 4) is 10.8 Å². The molecule has 4 rings (SSSR count). The van der Waals surface area contributed by atoms with Crippen LogP contribution in [0.3, 0.4) is 0 Å². The Hall–Kier alpha value is -1.43. The summed E-state index contributed by atoms with van der Waals surface area (Å²) < 4.78 is 5.83. The lowest BCUT2D eigenvalue weighted by atomic mass is 10.1. The topological polar surface area (TPSA) is 29.3 Å². The number of rotatable bonds is 3. The molecule has 5 heteroatoms. The van der Waals surface area contributed by atoms with Crippen LogP contribution in [0.15, 0.2) is 33.4 Å². The summed E-state index contributed by atoms with van der Waals surface area (Å²) in [5.41, 5.74) is 2.54. The first-order chi connectivity index (χ1) is 10.3. The van der Waals surface area contributed by atoms with Crippen molar-refractivity contribution in [2.45, 2.75) is 26.4 Å². The lowest BCUT2D eigenvalue weighted by Gasteiger charge is -2.25. The number of hydrogen-bond donors (Lipinski definition) is 0. The molecular formula is C16H16N2OS2. The number of thiophene rings is 2. The van der Waals surface area contributed by atoms with E-state index in [-0.39, 0.29) is 0 Å². The second-order valence-corrected chi connectivity index (χ2v) is 7.28. The van der Waals surface area contributed by atoms with Gasteiger partial charge in [0.05, 0.1) is 10.6 Å². The standard InChI is InChI=1S/C16H16N2OS2/c1-11-13(17-16(19-11)15-3-2-7-20-15)10-18-6-4-14-12(9-18)5-8-21-14/h2-3,5,7-8H,4,6,9-10H2,1H3. The molecule has 4 heterocycles. The summed E-state index contributed by atoms with van der Waals surface area (Å²) in [4.78, 5) is 9.80. The lowest BCUT2D eigenvalue weighted by Crippen LogP contribution is -2.29. The zero-order chi connectivity index (χ0) is 14.2. The minimum atomic E-state index is 0.755. The molecular weight excluding hydrogens is 300 g/mol. The van der Waals surface area contributed by atoms with Crippen LogP contribution < -0.4 is 0 Å². The molecule has 0 unspecified atom stereocenters. The Morgan fingerprint density at radius 1 is 1.29 bits per heavy atom. The SMILES string of the molecule is Cc1oc(-c2cccs2)nc1CN1CCc2sccc2C1. The maximum absolute atomic E-state index is 5.83. The fourth-order valence-corrected chi connectivity index (χ4v) is 4.27. The zero-order valence-electron chi connectivity index (χ0n) is 11.8. The van der Waals surface area contributed by atoms with Crippen molar-refractivity contribution >= 4 is 22.7 Å². The normalized spacial score (nSPS) is 15.3. The highest BCUT2D eigenvalue weighted by molar-refractivity contribution is 7.13. The monoisotopic (exact) mass is 316 g/mol. The van der Waals surface area contributed by atoms with Crippen molar-refractivity contribution in [2.24, 2.45) is 0 Å². The van der Waals surface area contributed by atoms with Crippen LogP contribution in [0.25, 0.3) is 10.8 Å². The Balaban J connectivity index is 1.53. The van der Waals surface area contributed by atoms with Crippen molar-refractivity contribution in [2.75, 3.05) is 6.54 Å². The van der Waals surface area contributed by atoms with Gasteiger partial charge in [-0.25, -0.2) is 4.98 Å². The van der Waals surface area contributed by atoms with Gasteiger partial charge in [-0.3, -0.25) is 4.90 Å². The lowest BCUT2D eigenvalue weighted by molar-refractivity contribution is 0.243. The maximum Gasteiger partial charge on any atom is 0.236 e. The molecule has 0 saturated carbocycles. The third-order valence-electron chi connectivity index (χ3n) is 3.88. The predicted molar refractivity (Wildman–Crippen MR) is 86.7 cm³/mol. The second-order valence-electron chi connectivity index (χ2n) is 5.33. The van der Waals surface area contributed by atoms with Crippen molar-refractivity contribution in [1.82, 2.24) is 9.88 Å². The van der Waals surface area contributed by atoms with Crippen LogP contribution in [-0.2, 0) is 19.5 Å². The largest absolute Gasteiger partial charge is 0.440 e. The molecule has 0 atom stereocenters. The summed E-state index contributed by atoms with van der Waals surface area (Å²) in [6.07, 6.45) is 1.15. The number of oxazole rings is 1. The number of fused-ring (bicyclic) bond motifs is 1. The Morgan fingerprint density at radius 2 is 2.24 bits per heavy atom. The molecule has 1 aliphatic rings. The van der Waals surface area contributed by atoms with E-state index in [1.54, 1.807) is 16.2 Å². The van der Waals surface area contributed by atoms with E-state index < -0.39 is 0 Å². The molecule has 3 aromatic heterocycles. The van der Waals surface area contributed by atoms with Crippen molar-refractivity contribution in [3.63, 3.8) is 0 Å². The third-order valence-corrected chi connectivity index (χ3v) is 5.77. The van der Waals surface area contributed by atoms with Crippen LogP contribution in [0.1, 0.15) is 21.9 Å². The van der Waals surface area contributed by atoms with Crippen LogP contribution >= 0.6 is 22.7 Å². The maximum atomic E-state index is 5.83. The van der Waals surface area contributed by atoms with Gasteiger partial charge in [-0.1, -0.05) is 6.07 Å². The first kappa shape index (κ1) is 13.2. The fourth-order valence-electron chi connectivity index (χ4n) is 2.73. The summed E-state index contributed by atoms with van der Waals surface area (Å²) in [6.45, 7) is 5.02. The molecule has 0 amide bonds. The first-order valence-corrected chi connectivity index (χ1v) is 8.83. The van der Waals surface area contributed by atoms with Crippen LogP contribution in [0.2, 0.25) is 0 Å². The van der Waals surface area contributed by atoms with E-state index in [2.05, 4.69) is 27.8 Å². The Bertz CT molecular complexity index is 742. The quantitative estimate of drug-likeness (QED) is 0.720. The van der Waals surface area contributed by atoms with E-state index in [1.807, 2.05) is 24.3 Å². The van der Waals surface area contributed by atoms with E-state index in [9.17, 15) is 0 Å². The van der Waals surface area contributed by atoms with Gasteiger partial charge in [-0.2, -0.15) is 0 Å². The average molecular weight is 316 g/mol. The molecule has 3 nitrogen and oxygen atoms in total. The second kappa shape index (κ2) is 5.40. The zero-order valence-corrected chi connectivity index (χ0v) is 13.5. The van der Waals surface area contributed by atoms with E-state index in [1.165, 1.54) is 5.56 Å². The van der Waals surface area contributed by atoms with Crippen LogP contribution in [0, 0.1) is 6.92 Å². The molecule has 0 radical (unpaired) electrons. The van der Waals surface area contributed by atoms with Crippen LogP contribution in [0.5, 0.6) is 0 Å². The molecule has 0 N–H and O–H groups in total. The molecule has 0 aromatic carbocycles. The number of nitrogens with zero attached hydrogens (tertiary/aromatic N) is 2. The van der Waals surface area contributed by atoms with Gasteiger partial charge in [0.1, 0.15) is 5.76 Å². The molecule has 0 fully saturated rings. The van der Waals surface area contributed by atoms with Gasteiger partial charge in [-0.15, -0.1) is 22.7 Å². The average Bonchev–Trinajstić information content (AvgIpc) is 3.20. The number of hydrogen-bond acceptors (Lipinski definition) is 5. The molecule has 0 saturated heterocycles. The van der Waals surface area contributed by atoms with E-state index in [0.717, 1.165) is 48.3 Å². The van der Waals surface area contributed by atoms with E-state index >= 15 is 0 Å². The van der Waals surface area contributed by atoms with E-state index in [4.69, 9.17) is 9.40 Å². The predicted octanol–water partition coefficient (Wildman–Crippen LogP) is 4.33. The molecule has 0 spiro atoms. The van der Waals surface area contributed by atoms with Crippen LogP contribution in [0.4, 0.5) is 0 Å². The highest BCUT2D eigenvalue weighted by Gasteiger charge is 2.20. The van der Waals surface area contributed by atoms with Gasteiger partial charge in [-0.05, 0) is 41.8 Å². The highest BCUT2D eigenvalue weighted by Crippen LogP contribution is 2.28. The molecule has 21 heavy (non-hydrogen) atoms. The van der Waals surface area contributed by atoms with Crippen LogP contribution in [-0.4, -0.2) is 16.4 Å². The summed E-state index contributed by atoms with van der Waals surface area (Å²) >= 11 is 3.55. The van der Waals surface area contributed by atoms with Crippen molar-refractivity contribution in [3.05, 3.63) is 50.9 Å². The first-order valence-electron chi connectivity index (χ1n) is 7.07. The van der Waals surface area contributed by atoms with Gasteiger partial charge >= 0.3 is 0 Å². The molecule has 0 aliphatic carbocycles. The van der Waals surface area contributed by atoms with Crippen molar-refractivity contribution < 1.29 is 4.42 Å². The summed E-state index contributed by atoms with van der Waals surface area (Å²) in [6, 6.07) is 6.33. The van der Waals surface area contributed by atoms with Gasteiger partial charge in [0, 0.05) is 24.5 Å². The molecule has 108 valence electrons.